The number of hydrogen-bond donors (Lipinski definition) is 1. The molecule has 0 radical (unpaired) electrons. The maximum Gasteiger partial charge on any atom is 0.463 e. The predicted molar refractivity (Wildman–Crippen MR) is 59.3 cm³/mol. The molecule has 1 heterocycles. The van der Waals surface area contributed by atoms with Gasteiger partial charge in [-0.1, -0.05) is 0 Å². The molecule has 0 aliphatic carbocycles. The average Bonchev–Trinajstić information content (AvgIpc) is 2.33. The third-order valence-electron chi connectivity index (χ3n) is 2.45. The molecule has 0 saturated carbocycles. The molecule has 2 rings (SSSR count). The molecule has 0 spiro atoms. The van der Waals surface area contributed by atoms with E-state index in [9.17, 15) is 22.4 Å². The topological polar surface area (TPSA) is 59.9 Å². The molecule has 1 unspecified atom stereocenters. The standard InChI is InChI=1S/C11H8F4N2O3/c1-19-8(18)10(11(13,14)15)17-9(20-10)16-7-4-2-6(12)3-5-7/h2-5H,1H3,(H,16,17). The first kappa shape index (κ1) is 14.1. The molecule has 0 aromatic heterocycles. The molecule has 1 aliphatic rings. The van der Waals surface area contributed by atoms with Gasteiger partial charge in [0.2, 0.25) is 0 Å². The summed E-state index contributed by atoms with van der Waals surface area (Å²) in [5.74, 6) is -2.18. The third kappa shape index (κ3) is 2.26. The van der Waals surface area contributed by atoms with Crippen LogP contribution in [-0.2, 0) is 14.3 Å². The number of amidine groups is 1. The first-order valence-electron chi connectivity index (χ1n) is 5.25. The molecule has 0 bridgehead atoms. The van der Waals surface area contributed by atoms with Crippen LogP contribution in [0.5, 0.6) is 0 Å². The van der Waals surface area contributed by atoms with E-state index in [1.54, 1.807) is 0 Å². The van der Waals surface area contributed by atoms with Crippen LogP contribution in [0.25, 0.3) is 0 Å². The van der Waals surface area contributed by atoms with Crippen molar-refractivity contribution >= 4 is 17.7 Å². The molecule has 9 heteroatoms. The lowest BCUT2D eigenvalue weighted by molar-refractivity contribution is -0.266. The molecular formula is C11H8F4N2O3. The lowest BCUT2D eigenvalue weighted by Crippen LogP contribution is -2.61. The minimum atomic E-state index is -5.05. The second kappa shape index (κ2) is 4.66. The highest BCUT2D eigenvalue weighted by Gasteiger charge is 2.70. The number of aliphatic imine (C=N–C) groups is 1. The van der Waals surface area contributed by atoms with Crippen molar-refractivity contribution in [3.8, 4) is 0 Å². The summed E-state index contributed by atoms with van der Waals surface area (Å²) in [4.78, 5) is 14.3. The quantitative estimate of drug-likeness (QED) is 0.669. The second-order valence-corrected chi connectivity index (χ2v) is 3.78. The van der Waals surface area contributed by atoms with E-state index < -0.39 is 29.7 Å². The fraction of sp³-hybridized carbons (Fsp3) is 0.273. The minimum absolute atomic E-state index is 0.255. The molecular weight excluding hydrogens is 284 g/mol. The Morgan fingerprint density at radius 2 is 1.90 bits per heavy atom. The number of benzene rings is 1. The number of methoxy groups -OCH3 is 1. The summed E-state index contributed by atoms with van der Waals surface area (Å²) in [5.41, 5.74) is -3.09. The lowest BCUT2D eigenvalue weighted by atomic mass is 10.2. The van der Waals surface area contributed by atoms with Gasteiger partial charge in [-0.15, -0.1) is 0 Å². The highest BCUT2D eigenvalue weighted by atomic mass is 19.4. The number of rotatable bonds is 2. The van der Waals surface area contributed by atoms with Crippen molar-refractivity contribution in [1.29, 1.82) is 0 Å². The zero-order valence-corrected chi connectivity index (χ0v) is 9.99. The predicted octanol–water partition coefficient (Wildman–Crippen LogP) is 2.06. The van der Waals surface area contributed by atoms with E-state index in [-0.39, 0.29) is 5.69 Å². The summed E-state index contributed by atoms with van der Waals surface area (Å²) in [5, 5.41) is 2.36. The molecule has 1 aliphatic heterocycles. The van der Waals surface area contributed by atoms with E-state index in [4.69, 9.17) is 0 Å². The van der Waals surface area contributed by atoms with E-state index in [0.29, 0.717) is 0 Å². The van der Waals surface area contributed by atoms with Crippen molar-refractivity contribution < 1.29 is 31.8 Å². The summed E-state index contributed by atoms with van der Waals surface area (Å²) in [6, 6.07) is 4.22. The fourth-order valence-corrected chi connectivity index (χ4v) is 1.46. The normalized spacial score (nSPS) is 21.4. The van der Waals surface area contributed by atoms with Gasteiger partial charge in [0.15, 0.2) is 0 Å². The fourth-order valence-electron chi connectivity index (χ4n) is 1.46. The van der Waals surface area contributed by atoms with Crippen molar-refractivity contribution in [1.82, 2.24) is 0 Å². The van der Waals surface area contributed by atoms with Gasteiger partial charge in [0.1, 0.15) is 5.82 Å². The highest BCUT2D eigenvalue weighted by molar-refractivity contribution is 5.99. The summed E-state index contributed by atoms with van der Waals surface area (Å²) in [6.45, 7) is 0. The smallest absolute Gasteiger partial charge is 0.463 e. The molecule has 108 valence electrons. The molecule has 1 aromatic carbocycles. The molecule has 20 heavy (non-hydrogen) atoms. The van der Waals surface area contributed by atoms with Crippen molar-refractivity contribution in [2.24, 2.45) is 4.99 Å². The number of carbonyl (C=O) groups is 1. The first-order valence-corrected chi connectivity index (χ1v) is 5.25. The molecule has 1 aromatic rings. The molecule has 1 atom stereocenters. The molecule has 5 nitrogen and oxygen atoms in total. The van der Waals surface area contributed by atoms with Crippen LogP contribution in [0.3, 0.4) is 0 Å². The summed E-state index contributed by atoms with van der Waals surface area (Å²) in [6.07, 6.45) is -5.05. The van der Waals surface area contributed by atoms with Crippen LogP contribution in [0.15, 0.2) is 29.3 Å². The van der Waals surface area contributed by atoms with Crippen LogP contribution in [0.1, 0.15) is 0 Å². The van der Waals surface area contributed by atoms with Crippen LogP contribution in [0.4, 0.5) is 23.2 Å². The Morgan fingerprint density at radius 3 is 2.35 bits per heavy atom. The largest absolute Gasteiger partial charge is 0.464 e. The van der Waals surface area contributed by atoms with E-state index in [0.717, 1.165) is 19.2 Å². The molecule has 1 N–H and O–H groups in total. The number of anilines is 1. The maximum absolute atomic E-state index is 12.7. The van der Waals surface area contributed by atoms with Gasteiger partial charge in [0, 0.05) is 5.69 Å². The lowest BCUT2D eigenvalue weighted by Gasteiger charge is -2.36. The summed E-state index contributed by atoms with van der Waals surface area (Å²) < 4.78 is 59.3. The molecule has 0 fully saturated rings. The maximum atomic E-state index is 12.7. The highest BCUT2D eigenvalue weighted by Crippen LogP contribution is 2.41. The van der Waals surface area contributed by atoms with Crippen molar-refractivity contribution in [2.75, 3.05) is 12.4 Å². The Kier molecular flexibility index (Phi) is 3.28. The third-order valence-corrected chi connectivity index (χ3v) is 2.45. The van der Waals surface area contributed by atoms with Crippen LogP contribution in [-0.4, -0.2) is 31.0 Å². The number of ether oxygens (including phenoxy) is 2. The number of nitrogens with one attached hydrogen (secondary N) is 1. The summed E-state index contributed by atoms with van der Waals surface area (Å²) in [7, 11) is 0.792. The van der Waals surface area contributed by atoms with E-state index in [2.05, 4.69) is 19.8 Å². The van der Waals surface area contributed by atoms with Gasteiger partial charge in [-0.2, -0.15) is 18.2 Å². The minimum Gasteiger partial charge on any atom is -0.464 e. The van der Waals surface area contributed by atoms with E-state index in [1.165, 1.54) is 12.1 Å². The number of halogens is 4. The zero-order valence-electron chi connectivity index (χ0n) is 9.99. The van der Waals surface area contributed by atoms with Gasteiger partial charge < -0.3 is 14.8 Å². The summed E-state index contributed by atoms with van der Waals surface area (Å²) >= 11 is 0. The Labute approximate surface area is 110 Å². The Hall–Kier alpha value is -2.32. The molecule has 0 saturated heterocycles. The van der Waals surface area contributed by atoms with Gasteiger partial charge in [0.05, 0.1) is 7.11 Å². The number of nitrogens with zero attached hydrogens (tertiary/aromatic N) is 1. The number of hydrogen-bond acceptors (Lipinski definition) is 5. The van der Waals surface area contributed by atoms with Gasteiger partial charge in [-0.25, -0.2) is 9.18 Å². The van der Waals surface area contributed by atoms with Crippen molar-refractivity contribution in [2.45, 2.75) is 11.9 Å². The average molecular weight is 292 g/mol. The van der Waals surface area contributed by atoms with Gasteiger partial charge in [-0.05, 0) is 24.3 Å². The van der Waals surface area contributed by atoms with Gasteiger partial charge >= 0.3 is 17.9 Å². The Morgan fingerprint density at radius 1 is 1.35 bits per heavy atom. The second-order valence-electron chi connectivity index (χ2n) is 3.78. The molecule has 0 amide bonds. The Balaban J connectivity index is 2.18. The monoisotopic (exact) mass is 292 g/mol. The van der Waals surface area contributed by atoms with E-state index in [1.807, 2.05) is 0 Å². The zero-order chi connectivity index (χ0) is 15.0. The van der Waals surface area contributed by atoms with Gasteiger partial charge in [-0.3, -0.25) is 0 Å². The van der Waals surface area contributed by atoms with Crippen molar-refractivity contribution in [3.63, 3.8) is 0 Å². The van der Waals surface area contributed by atoms with Gasteiger partial charge in [0.25, 0.3) is 6.02 Å². The number of carbonyl (C=O) groups excluding carboxylic acids is 1. The van der Waals surface area contributed by atoms with Crippen molar-refractivity contribution in [3.05, 3.63) is 30.1 Å². The van der Waals surface area contributed by atoms with Crippen LogP contribution >= 0.6 is 0 Å². The van der Waals surface area contributed by atoms with E-state index >= 15 is 0 Å². The number of esters is 1. The Bertz CT molecular complexity index is 556. The van der Waals surface area contributed by atoms with Crippen LogP contribution < -0.4 is 5.32 Å². The SMILES string of the molecule is COC(=O)C1(C(F)(F)F)N=C(Nc2ccc(F)cc2)O1. The van der Waals surface area contributed by atoms with Crippen LogP contribution in [0.2, 0.25) is 0 Å². The van der Waals surface area contributed by atoms with Crippen LogP contribution in [0, 0.1) is 5.82 Å². The number of alkyl halides is 3. The first-order chi connectivity index (χ1) is 9.28.